The van der Waals surface area contributed by atoms with Crippen LogP contribution in [-0.2, 0) is 6.42 Å². The summed E-state index contributed by atoms with van der Waals surface area (Å²) in [6.45, 7) is 6.63. The number of aliphatic hydroxyl groups is 1. The van der Waals surface area contributed by atoms with Gasteiger partial charge in [0.2, 0.25) is 0 Å². The van der Waals surface area contributed by atoms with Crippen molar-refractivity contribution in [1.29, 1.82) is 0 Å². The van der Waals surface area contributed by atoms with Gasteiger partial charge < -0.3 is 10.4 Å². The number of nitrogens with one attached hydrogen (secondary N) is 1. The van der Waals surface area contributed by atoms with Crippen LogP contribution in [0.25, 0.3) is 0 Å². The SMILES string of the molecule is Cc1ccc(CCNCC2(CO)CCC2)c(C)c1. The lowest BCUT2D eigenvalue weighted by molar-refractivity contribution is 0.0451. The molecule has 0 atom stereocenters. The number of hydrogen-bond acceptors (Lipinski definition) is 2. The summed E-state index contributed by atoms with van der Waals surface area (Å²) in [7, 11) is 0. The minimum absolute atomic E-state index is 0.197. The van der Waals surface area contributed by atoms with Crippen LogP contribution in [0.2, 0.25) is 0 Å². The fourth-order valence-corrected chi connectivity index (χ4v) is 2.77. The summed E-state index contributed by atoms with van der Waals surface area (Å²) in [4.78, 5) is 0. The van der Waals surface area contributed by atoms with E-state index in [9.17, 15) is 5.11 Å². The van der Waals surface area contributed by atoms with E-state index in [1.807, 2.05) is 0 Å². The number of rotatable bonds is 6. The first-order chi connectivity index (χ1) is 8.65. The molecule has 2 nitrogen and oxygen atoms in total. The van der Waals surface area contributed by atoms with Crippen LogP contribution >= 0.6 is 0 Å². The molecule has 1 saturated carbocycles. The zero-order valence-electron chi connectivity index (χ0n) is 11.6. The quantitative estimate of drug-likeness (QED) is 0.757. The minimum atomic E-state index is 0.197. The monoisotopic (exact) mass is 247 g/mol. The van der Waals surface area contributed by atoms with Crippen molar-refractivity contribution in [2.75, 3.05) is 19.7 Å². The number of aryl methyl sites for hydroxylation is 2. The van der Waals surface area contributed by atoms with E-state index in [1.165, 1.54) is 36.0 Å². The highest BCUT2D eigenvalue weighted by Crippen LogP contribution is 2.39. The zero-order chi connectivity index (χ0) is 13.0. The van der Waals surface area contributed by atoms with Gasteiger partial charge in [-0.2, -0.15) is 0 Å². The van der Waals surface area contributed by atoms with Crippen molar-refractivity contribution in [2.45, 2.75) is 39.5 Å². The van der Waals surface area contributed by atoms with Crippen LogP contribution in [0.3, 0.4) is 0 Å². The molecule has 0 spiro atoms. The average Bonchev–Trinajstić information content (AvgIpc) is 2.29. The van der Waals surface area contributed by atoms with Crippen molar-refractivity contribution < 1.29 is 5.11 Å². The molecule has 2 N–H and O–H groups in total. The Morgan fingerprint density at radius 2 is 2.06 bits per heavy atom. The molecule has 1 aromatic rings. The Bertz CT molecular complexity index is 391. The molecule has 2 heteroatoms. The fourth-order valence-electron chi connectivity index (χ4n) is 2.77. The van der Waals surface area contributed by atoms with Gasteiger partial charge in [0.05, 0.1) is 0 Å². The molecule has 0 unspecified atom stereocenters. The van der Waals surface area contributed by atoms with Gasteiger partial charge in [0.25, 0.3) is 0 Å². The highest BCUT2D eigenvalue weighted by molar-refractivity contribution is 5.30. The number of hydrogen-bond donors (Lipinski definition) is 2. The first kappa shape index (κ1) is 13.6. The molecule has 0 heterocycles. The molecule has 1 fully saturated rings. The largest absolute Gasteiger partial charge is 0.396 e. The van der Waals surface area contributed by atoms with Gasteiger partial charge in [-0.15, -0.1) is 0 Å². The summed E-state index contributed by atoms with van der Waals surface area (Å²) in [5.74, 6) is 0. The summed E-state index contributed by atoms with van der Waals surface area (Å²) >= 11 is 0. The second-order valence-electron chi connectivity index (χ2n) is 5.87. The average molecular weight is 247 g/mol. The van der Waals surface area contributed by atoms with E-state index in [4.69, 9.17) is 0 Å². The van der Waals surface area contributed by atoms with Crippen molar-refractivity contribution in [1.82, 2.24) is 5.32 Å². The maximum Gasteiger partial charge on any atom is 0.0499 e. The molecule has 0 saturated heterocycles. The Kier molecular flexibility index (Phi) is 4.41. The summed E-state index contributed by atoms with van der Waals surface area (Å²) in [6, 6.07) is 6.66. The summed E-state index contributed by atoms with van der Waals surface area (Å²) in [5, 5.41) is 12.9. The van der Waals surface area contributed by atoms with E-state index in [2.05, 4.69) is 37.4 Å². The Labute approximate surface area is 110 Å². The van der Waals surface area contributed by atoms with Crippen molar-refractivity contribution >= 4 is 0 Å². The van der Waals surface area contributed by atoms with Crippen molar-refractivity contribution in [3.05, 3.63) is 34.9 Å². The van der Waals surface area contributed by atoms with Crippen LogP contribution in [0.5, 0.6) is 0 Å². The van der Waals surface area contributed by atoms with Crippen molar-refractivity contribution in [3.8, 4) is 0 Å². The Morgan fingerprint density at radius 3 is 2.61 bits per heavy atom. The standard InChI is InChI=1S/C16H25NO/c1-13-4-5-15(14(2)10-13)6-9-17-11-16(12-18)7-3-8-16/h4-5,10,17-18H,3,6-9,11-12H2,1-2H3. The molecule has 1 aromatic carbocycles. The molecule has 18 heavy (non-hydrogen) atoms. The maximum absolute atomic E-state index is 9.39. The van der Waals surface area contributed by atoms with Gasteiger partial charge in [-0.3, -0.25) is 0 Å². The molecular weight excluding hydrogens is 222 g/mol. The second-order valence-corrected chi connectivity index (χ2v) is 5.87. The lowest BCUT2D eigenvalue weighted by Gasteiger charge is -2.40. The molecule has 100 valence electrons. The molecule has 0 amide bonds. The van der Waals surface area contributed by atoms with E-state index in [0.29, 0.717) is 6.61 Å². The van der Waals surface area contributed by atoms with E-state index in [0.717, 1.165) is 19.5 Å². The lowest BCUT2D eigenvalue weighted by Crippen LogP contribution is -2.43. The van der Waals surface area contributed by atoms with Crippen LogP contribution in [-0.4, -0.2) is 24.8 Å². The predicted molar refractivity (Wildman–Crippen MR) is 75.9 cm³/mol. The van der Waals surface area contributed by atoms with Gasteiger partial charge >= 0.3 is 0 Å². The van der Waals surface area contributed by atoms with Gasteiger partial charge in [0.1, 0.15) is 0 Å². The van der Waals surface area contributed by atoms with Gasteiger partial charge in [0.15, 0.2) is 0 Å². The highest BCUT2D eigenvalue weighted by Gasteiger charge is 2.35. The molecule has 1 aliphatic rings. The van der Waals surface area contributed by atoms with Crippen LogP contribution in [0.4, 0.5) is 0 Å². The number of benzene rings is 1. The zero-order valence-corrected chi connectivity index (χ0v) is 11.6. The molecule has 0 radical (unpaired) electrons. The van der Waals surface area contributed by atoms with E-state index in [1.54, 1.807) is 0 Å². The minimum Gasteiger partial charge on any atom is -0.396 e. The van der Waals surface area contributed by atoms with Gasteiger partial charge in [0, 0.05) is 18.6 Å². The number of aliphatic hydroxyl groups excluding tert-OH is 1. The van der Waals surface area contributed by atoms with Crippen molar-refractivity contribution in [3.63, 3.8) is 0 Å². The molecule has 0 aliphatic heterocycles. The Balaban J connectivity index is 1.75. The lowest BCUT2D eigenvalue weighted by atomic mass is 9.69. The molecule has 0 bridgehead atoms. The first-order valence-corrected chi connectivity index (χ1v) is 7.03. The van der Waals surface area contributed by atoms with Crippen molar-refractivity contribution in [2.24, 2.45) is 5.41 Å². The van der Waals surface area contributed by atoms with E-state index in [-0.39, 0.29) is 5.41 Å². The third-order valence-electron chi connectivity index (χ3n) is 4.32. The van der Waals surface area contributed by atoms with Crippen LogP contribution < -0.4 is 5.32 Å². The fraction of sp³-hybridized carbons (Fsp3) is 0.625. The van der Waals surface area contributed by atoms with Crippen LogP contribution in [0.1, 0.15) is 36.0 Å². The molecule has 1 aliphatic carbocycles. The Morgan fingerprint density at radius 1 is 1.28 bits per heavy atom. The maximum atomic E-state index is 9.39. The predicted octanol–water partition coefficient (Wildman–Crippen LogP) is 2.60. The van der Waals surface area contributed by atoms with Crippen LogP contribution in [0, 0.1) is 19.3 Å². The topological polar surface area (TPSA) is 32.3 Å². The second kappa shape index (κ2) is 5.85. The first-order valence-electron chi connectivity index (χ1n) is 7.03. The highest BCUT2D eigenvalue weighted by atomic mass is 16.3. The third-order valence-corrected chi connectivity index (χ3v) is 4.32. The third kappa shape index (κ3) is 3.12. The summed E-state index contributed by atoms with van der Waals surface area (Å²) in [5.41, 5.74) is 4.34. The van der Waals surface area contributed by atoms with Gasteiger partial charge in [-0.25, -0.2) is 0 Å². The van der Waals surface area contributed by atoms with E-state index >= 15 is 0 Å². The van der Waals surface area contributed by atoms with Gasteiger partial charge in [-0.1, -0.05) is 30.2 Å². The van der Waals surface area contributed by atoms with E-state index < -0.39 is 0 Å². The van der Waals surface area contributed by atoms with Gasteiger partial charge in [-0.05, 0) is 50.8 Å². The molecule has 0 aromatic heterocycles. The van der Waals surface area contributed by atoms with Crippen LogP contribution in [0.15, 0.2) is 18.2 Å². The Hall–Kier alpha value is -0.860. The molecule has 2 rings (SSSR count). The molecular formula is C16H25NO. The normalized spacial score (nSPS) is 17.5. The smallest absolute Gasteiger partial charge is 0.0499 e. The summed E-state index contributed by atoms with van der Waals surface area (Å²) in [6.07, 6.45) is 4.72. The summed E-state index contributed by atoms with van der Waals surface area (Å²) < 4.78 is 0.